The number of nitrogens with one attached hydrogen (secondary N) is 1. The van der Waals surface area contributed by atoms with E-state index in [2.05, 4.69) is 15.3 Å². The van der Waals surface area contributed by atoms with Gasteiger partial charge in [-0.05, 0) is 13.0 Å². The number of pyridine rings is 1. The minimum Gasteiger partial charge on any atom is -0.322 e. The van der Waals surface area contributed by atoms with Gasteiger partial charge in [0.2, 0.25) is 0 Å². The molecule has 1 amide bonds. The van der Waals surface area contributed by atoms with E-state index in [9.17, 15) is 18.0 Å². The quantitative estimate of drug-likeness (QED) is 0.888. The molecule has 2 rings (SSSR count). The molecule has 0 aliphatic carbocycles. The Morgan fingerprint density at radius 3 is 2.64 bits per heavy atom. The molecule has 2 heterocycles. The van der Waals surface area contributed by atoms with Crippen molar-refractivity contribution < 1.29 is 18.0 Å². The van der Waals surface area contributed by atoms with Crippen LogP contribution in [0, 0.1) is 0 Å². The van der Waals surface area contributed by atoms with Gasteiger partial charge < -0.3 is 11.1 Å². The monoisotopic (exact) mass is 350 g/mol. The Morgan fingerprint density at radius 1 is 1.41 bits per heavy atom. The fraction of sp³-hybridized carbons (Fsp3) is 0.250. The standard InChI is InChI=1S/C12H10ClF3N4OS/c1-5(17)11-19-4-8(22-11)10(21)20-9-2-6(12(14,15)16)7(13)3-18-9/h2-5H,17H2,1H3,(H,18,20,21)/t5-/m0/s1. The third-order valence-electron chi connectivity index (χ3n) is 2.54. The molecule has 0 spiro atoms. The molecule has 22 heavy (non-hydrogen) atoms. The van der Waals surface area contributed by atoms with Crippen molar-refractivity contribution in [3.8, 4) is 0 Å². The van der Waals surface area contributed by atoms with E-state index in [1.165, 1.54) is 6.20 Å². The second-order valence-corrected chi connectivity index (χ2v) is 5.82. The Kier molecular flexibility index (Phi) is 4.69. The number of alkyl halides is 3. The number of aromatic nitrogens is 2. The molecular formula is C12H10ClF3N4OS. The maximum absolute atomic E-state index is 12.7. The number of carbonyl (C=O) groups is 1. The van der Waals surface area contributed by atoms with E-state index in [4.69, 9.17) is 17.3 Å². The van der Waals surface area contributed by atoms with Crippen LogP contribution in [0.2, 0.25) is 5.02 Å². The molecule has 0 radical (unpaired) electrons. The van der Waals surface area contributed by atoms with Crippen molar-refractivity contribution in [1.29, 1.82) is 0 Å². The second kappa shape index (κ2) is 6.19. The zero-order valence-corrected chi connectivity index (χ0v) is 12.7. The number of nitrogens with two attached hydrogens (primary N) is 1. The minimum atomic E-state index is -4.63. The number of anilines is 1. The first kappa shape index (κ1) is 16.7. The van der Waals surface area contributed by atoms with Crippen molar-refractivity contribution in [2.45, 2.75) is 19.1 Å². The van der Waals surface area contributed by atoms with Gasteiger partial charge in [-0.25, -0.2) is 9.97 Å². The highest BCUT2D eigenvalue weighted by molar-refractivity contribution is 7.13. The van der Waals surface area contributed by atoms with E-state index in [1.807, 2.05) is 0 Å². The predicted molar refractivity (Wildman–Crippen MR) is 76.9 cm³/mol. The maximum atomic E-state index is 12.7. The molecule has 3 N–H and O–H groups in total. The molecule has 0 aromatic carbocycles. The van der Waals surface area contributed by atoms with Crippen LogP contribution in [0.1, 0.15) is 33.2 Å². The van der Waals surface area contributed by atoms with Crippen LogP contribution in [0.5, 0.6) is 0 Å². The second-order valence-electron chi connectivity index (χ2n) is 4.35. The molecule has 0 bridgehead atoms. The molecular weight excluding hydrogens is 341 g/mol. The van der Waals surface area contributed by atoms with Crippen LogP contribution in [0.15, 0.2) is 18.5 Å². The SMILES string of the molecule is C[C@H](N)c1ncc(C(=O)Nc2cc(C(F)(F)F)c(Cl)cn2)s1. The van der Waals surface area contributed by atoms with Gasteiger partial charge in [0.05, 0.1) is 22.8 Å². The lowest BCUT2D eigenvalue weighted by molar-refractivity contribution is -0.137. The summed E-state index contributed by atoms with van der Waals surface area (Å²) in [6, 6.07) is 0.338. The molecule has 0 saturated carbocycles. The minimum absolute atomic E-state index is 0.220. The number of carbonyl (C=O) groups excluding carboxylic acids is 1. The average molecular weight is 351 g/mol. The highest BCUT2D eigenvalue weighted by atomic mass is 35.5. The Bertz CT molecular complexity index is 702. The van der Waals surface area contributed by atoms with E-state index < -0.39 is 22.7 Å². The summed E-state index contributed by atoms with van der Waals surface area (Å²) >= 11 is 6.51. The molecule has 0 aliphatic rings. The normalized spacial score (nSPS) is 13.0. The van der Waals surface area contributed by atoms with Gasteiger partial charge in [0, 0.05) is 6.20 Å². The van der Waals surface area contributed by atoms with Gasteiger partial charge in [0.1, 0.15) is 15.7 Å². The van der Waals surface area contributed by atoms with E-state index in [1.54, 1.807) is 6.92 Å². The molecule has 0 saturated heterocycles. The number of hydrogen-bond donors (Lipinski definition) is 2. The van der Waals surface area contributed by atoms with Crippen molar-refractivity contribution >= 4 is 34.7 Å². The van der Waals surface area contributed by atoms with Crippen LogP contribution in [0.3, 0.4) is 0 Å². The highest BCUT2D eigenvalue weighted by Crippen LogP contribution is 2.35. The molecule has 10 heteroatoms. The van der Waals surface area contributed by atoms with Gasteiger partial charge in [-0.3, -0.25) is 4.79 Å². The lowest BCUT2D eigenvalue weighted by atomic mass is 10.2. The third kappa shape index (κ3) is 3.73. The van der Waals surface area contributed by atoms with E-state index in [0.29, 0.717) is 11.1 Å². The summed E-state index contributed by atoms with van der Waals surface area (Å²) in [5.74, 6) is -0.871. The number of hydrogen-bond acceptors (Lipinski definition) is 5. The Balaban J connectivity index is 2.21. The Morgan fingerprint density at radius 2 is 2.09 bits per heavy atom. The number of halogens is 4. The number of thiazole rings is 1. The summed E-state index contributed by atoms with van der Waals surface area (Å²) in [5, 5.41) is 2.28. The van der Waals surface area contributed by atoms with Crippen molar-refractivity contribution in [3.63, 3.8) is 0 Å². The number of rotatable bonds is 3. The van der Waals surface area contributed by atoms with Gasteiger partial charge >= 0.3 is 6.18 Å². The summed E-state index contributed by atoms with van der Waals surface area (Å²) < 4.78 is 38.2. The van der Waals surface area contributed by atoms with Crippen molar-refractivity contribution in [2.24, 2.45) is 5.73 Å². The largest absolute Gasteiger partial charge is 0.418 e. The zero-order valence-electron chi connectivity index (χ0n) is 11.1. The molecule has 0 unspecified atom stereocenters. The van der Waals surface area contributed by atoms with Gasteiger partial charge in [0.25, 0.3) is 5.91 Å². The van der Waals surface area contributed by atoms with Gasteiger partial charge in [0.15, 0.2) is 0 Å². The predicted octanol–water partition coefficient (Wildman–Crippen LogP) is 3.48. The Labute approximate surface area is 132 Å². The smallest absolute Gasteiger partial charge is 0.322 e. The third-order valence-corrected chi connectivity index (χ3v) is 4.04. The van der Waals surface area contributed by atoms with Crippen LogP contribution in [-0.4, -0.2) is 15.9 Å². The summed E-state index contributed by atoms with van der Waals surface area (Å²) in [6.45, 7) is 1.71. The molecule has 0 aliphatic heterocycles. The fourth-order valence-corrected chi connectivity index (χ4v) is 2.48. The van der Waals surface area contributed by atoms with Crippen LogP contribution in [0.4, 0.5) is 19.0 Å². The number of amides is 1. The molecule has 118 valence electrons. The number of nitrogens with zero attached hydrogens (tertiary/aromatic N) is 2. The molecule has 0 fully saturated rings. The lowest BCUT2D eigenvalue weighted by Gasteiger charge is -2.10. The van der Waals surface area contributed by atoms with Gasteiger partial charge in [-0.15, -0.1) is 11.3 Å². The zero-order chi connectivity index (χ0) is 16.5. The molecule has 2 aromatic heterocycles. The first-order valence-electron chi connectivity index (χ1n) is 5.94. The van der Waals surface area contributed by atoms with Crippen molar-refractivity contribution in [2.75, 3.05) is 5.32 Å². The fourth-order valence-electron chi connectivity index (χ4n) is 1.51. The summed E-state index contributed by atoms with van der Waals surface area (Å²) in [4.78, 5) is 19.8. The average Bonchev–Trinajstić information content (AvgIpc) is 2.89. The lowest BCUT2D eigenvalue weighted by Crippen LogP contribution is -2.13. The van der Waals surface area contributed by atoms with E-state index >= 15 is 0 Å². The molecule has 5 nitrogen and oxygen atoms in total. The summed E-state index contributed by atoms with van der Waals surface area (Å²) in [6.07, 6.45) is -2.49. The van der Waals surface area contributed by atoms with E-state index in [0.717, 1.165) is 17.5 Å². The van der Waals surface area contributed by atoms with Crippen LogP contribution in [0.25, 0.3) is 0 Å². The summed E-state index contributed by atoms with van der Waals surface area (Å²) in [7, 11) is 0. The van der Waals surface area contributed by atoms with Crippen LogP contribution in [-0.2, 0) is 6.18 Å². The Hall–Kier alpha value is -1.71. The van der Waals surface area contributed by atoms with Crippen molar-refractivity contribution in [1.82, 2.24) is 9.97 Å². The maximum Gasteiger partial charge on any atom is 0.418 e. The summed E-state index contributed by atoms with van der Waals surface area (Å²) in [5.41, 5.74) is 4.56. The highest BCUT2D eigenvalue weighted by Gasteiger charge is 2.34. The molecule has 2 aromatic rings. The van der Waals surface area contributed by atoms with E-state index in [-0.39, 0.29) is 16.7 Å². The van der Waals surface area contributed by atoms with Gasteiger partial charge in [-0.2, -0.15) is 13.2 Å². The van der Waals surface area contributed by atoms with Crippen molar-refractivity contribution in [3.05, 3.63) is 38.9 Å². The van der Waals surface area contributed by atoms with Gasteiger partial charge in [-0.1, -0.05) is 11.6 Å². The van der Waals surface area contributed by atoms with Crippen LogP contribution < -0.4 is 11.1 Å². The topological polar surface area (TPSA) is 80.9 Å². The van der Waals surface area contributed by atoms with Crippen LogP contribution >= 0.6 is 22.9 Å². The molecule has 1 atom stereocenters. The first-order chi connectivity index (χ1) is 10.2. The first-order valence-corrected chi connectivity index (χ1v) is 7.13.